The van der Waals surface area contributed by atoms with E-state index >= 15 is 0 Å². The normalized spacial score (nSPS) is 32.2. The second-order valence-electron chi connectivity index (χ2n) is 6.36. The van der Waals surface area contributed by atoms with E-state index in [1.165, 1.54) is 58.3 Å². The fourth-order valence-corrected chi connectivity index (χ4v) is 3.81. The zero-order valence-electron chi connectivity index (χ0n) is 12.1. The molecule has 18 heavy (non-hydrogen) atoms. The van der Waals surface area contributed by atoms with Crippen molar-refractivity contribution in [2.24, 2.45) is 5.92 Å². The molecule has 0 aromatic carbocycles. The Morgan fingerprint density at radius 1 is 1.22 bits per heavy atom. The van der Waals surface area contributed by atoms with Gasteiger partial charge in [-0.25, -0.2) is 0 Å². The number of piperidine rings is 1. The monoisotopic (exact) mass is 272 g/mol. The SMILES string of the molecule is CC(CCCl)CCN1CC2CCCCN2CC1C. The summed E-state index contributed by atoms with van der Waals surface area (Å²) >= 11 is 5.82. The third kappa shape index (κ3) is 3.85. The minimum absolute atomic E-state index is 0.738. The molecule has 0 spiro atoms. The van der Waals surface area contributed by atoms with Crippen molar-refractivity contribution < 1.29 is 0 Å². The lowest BCUT2D eigenvalue weighted by atomic mass is 9.96. The summed E-state index contributed by atoms with van der Waals surface area (Å²) in [5.41, 5.74) is 0. The Bertz CT molecular complexity index is 247. The predicted molar refractivity (Wildman–Crippen MR) is 79.4 cm³/mol. The molecule has 0 radical (unpaired) electrons. The molecule has 0 bridgehead atoms. The highest BCUT2D eigenvalue weighted by molar-refractivity contribution is 6.17. The topological polar surface area (TPSA) is 6.48 Å². The Balaban J connectivity index is 1.78. The quantitative estimate of drug-likeness (QED) is 0.709. The lowest BCUT2D eigenvalue weighted by molar-refractivity contribution is 0.0131. The highest BCUT2D eigenvalue weighted by Crippen LogP contribution is 2.24. The average Bonchev–Trinajstić information content (AvgIpc) is 2.36. The fraction of sp³-hybridized carbons (Fsp3) is 1.00. The summed E-state index contributed by atoms with van der Waals surface area (Å²) in [6.07, 6.45) is 6.74. The van der Waals surface area contributed by atoms with Crippen LogP contribution in [-0.4, -0.2) is 53.9 Å². The molecular weight excluding hydrogens is 244 g/mol. The number of nitrogens with zero attached hydrogens (tertiary/aromatic N) is 2. The number of alkyl halides is 1. The lowest BCUT2D eigenvalue weighted by Crippen LogP contribution is -2.58. The molecule has 3 heteroatoms. The molecule has 106 valence electrons. The molecule has 3 atom stereocenters. The summed E-state index contributed by atoms with van der Waals surface area (Å²) in [6, 6.07) is 1.58. The van der Waals surface area contributed by atoms with E-state index in [1.54, 1.807) is 0 Å². The molecule has 0 amide bonds. The van der Waals surface area contributed by atoms with E-state index in [9.17, 15) is 0 Å². The first-order chi connectivity index (χ1) is 8.70. The maximum atomic E-state index is 5.82. The molecule has 2 aliphatic heterocycles. The zero-order chi connectivity index (χ0) is 13.0. The molecule has 0 aromatic rings. The summed E-state index contributed by atoms with van der Waals surface area (Å²) in [4.78, 5) is 5.45. The summed E-state index contributed by atoms with van der Waals surface area (Å²) in [7, 11) is 0. The number of halogens is 1. The molecule has 2 nitrogen and oxygen atoms in total. The summed E-state index contributed by atoms with van der Waals surface area (Å²) < 4.78 is 0. The van der Waals surface area contributed by atoms with Crippen molar-refractivity contribution in [3.8, 4) is 0 Å². The van der Waals surface area contributed by atoms with Crippen LogP contribution in [-0.2, 0) is 0 Å². The van der Waals surface area contributed by atoms with E-state index in [-0.39, 0.29) is 0 Å². The van der Waals surface area contributed by atoms with Gasteiger partial charge in [0.2, 0.25) is 0 Å². The van der Waals surface area contributed by atoms with Gasteiger partial charge in [-0.1, -0.05) is 13.3 Å². The first-order valence-corrected chi connectivity index (χ1v) is 8.28. The van der Waals surface area contributed by atoms with Gasteiger partial charge in [0.05, 0.1) is 0 Å². The van der Waals surface area contributed by atoms with Crippen LogP contribution in [0, 0.1) is 5.92 Å². The van der Waals surface area contributed by atoms with Crippen LogP contribution < -0.4 is 0 Å². The van der Waals surface area contributed by atoms with Crippen molar-refractivity contribution in [3.63, 3.8) is 0 Å². The standard InChI is InChI=1S/C15H29ClN2/c1-13(6-8-16)7-10-17-12-15-5-3-4-9-18(15)11-14(17)2/h13-15H,3-12H2,1-2H3. The van der Waals surface area contributed by atoms with Crippen LogP contribution in [0.3, 0.4) is 0 Å². The van der Waals surface area contributed by atoms with E-state index in [1.807, 2.05) is 0 Å². The fourth-order valence-electron chi connectivity index (χ4n) is 3.44. The van der Waals surface area contributed by atoms with Crippen LogP contribution >= 0.6 is 11.6 Å². The minimum Gasteiger partial charge on any atom is -0.298 e. The summed E-state index contributed by atoms with van der Waals surface area (Å²) in [5, 5.41) is 0. The predicted octanol–water partition coefficient (Wildman–Crippen LogP) is 3.20. The van der Waals surface area contributed by atoms with E-state index in [4.69, 9.17) is 11.6 Å². The van der Waals surface area contributed by atoms with Crippen molar-refractivity contribution in [2.75, 3.05) is 32.1 Å². The van der Waals surface area contributed by atoms with Gasteiger partial charge in [0.1, 0.15) is 0 Å². The van der Waals surface area contributed by atoms with Gasteiger partial charge in [-0.2, -0.15) is 0 Å². The van der Waals surface area contributed by atoms with Gasteiger partial charge < -0.3 is 0 Å². The molecule has 2 rings (SSSR count). The van der Waals surface area contributed by atoms with Crippen LogP contribution in [0.5, 0.6) is 0 Å². The second-order valence-corrected chi connectivity index (χ2v) is 6.74. The van der Waals surface area contributed by atoms with Crippen molar-refractivity contribution in [3.05, 3.63) is 0 Å². The smallest absolute Gasteiger partial charge is 0.0225 e. The lowest BCUT2D eigenvalue weighted by Gasteiger charge is -2.47. The summed E-state index contributed by atoms with van der Waals surface area (Å²) in [5.74, 6) is 1.59. The highest BCUT2D eigenvalue weighted by Gasteiger charge is 2.32. The van der Waals surface area contributed by atoms with Gasteiger partial charge in [0.25, 0.3) is 0 Å². The van der Waals surface area contributed by atoms with Crippen LogP contribution in [0.4, 0.5) is 0 Å². The maximum Gasteiger partial charge on any atom is 0.0225 e. The molecule has 0 N–H and O–H groups in total. The van der Waals surface area contributed by atoms with Crippen molar-refractivity contribution in [2.45, 2.75) is 58.0 Å². The Hall–Kier alpha value is 0.210. The van der Waals surface area contributed by atoms with Gasteiger partial charge in [0, 0.05) is 31.1 Å². The summed E-state index contributed by atoms with van der Waals surface area (Å²) in [6.45, 7) is 9.93. The van der Waals surface area contributed by atoms with E-state index in [2.05, 4.69) is 23.6 Å². The molecule has 0 saturated carbocycles. The first-order valence-electron chi connectivity index (χ1n) is 7.74. The van der Waals surface area contributed by atoms with Crippen LogP contribution in [0.2, 0.25) is 0 Å². The number of rotatable bonds is 5. The average molecular weight is 273 g/mol. The molecular formula is C15H29ClN2. The van der Waals surface area contributed by atoms with Gasteiger partial charge in [-0.05, 0) is 51.6 Å². The maximum absolute atomic E-state index is 5.82. The number of hydrogen-bond acceptors (Lipinski definition) is 2. The van der Waals surface area contributed by atoms with Crippen molar-refractivity contribution in [1.29, 1.82) is 0 Å². The highest BCUT2D eigenvalue weighted by atomic mass is 35.5. The molecule has 2 saturated heterocycles. The molecule has 2 heterocycles. The molecule has 2 aliphatic rings. The Labute approximate surface area is 118 Å². The Kier molecular flexibility index (Phi) is 5.78. The molecule has 0 aromatic heterocycles. The van der Waals surface area contributed by atoms with E-state index < -0.39 is 0 Å². The largest absolute Gasteiger partial charge is 0.298 e. The molecule has 3 unspecified atom stereocenters. The van der Waals surface area contributed by atoms with Crippen LogP contribution in [0.1, 0.15) is 46.0 Å². The van der Waals surface area contributed by atoms with Gasteiger partial charge >= 0.3 is 0 Å². The Morgan fingerprint density at radius 2 is 2.06 bits per heavy atom. The second kappa shape index (κ2) is 7.12. The van der Waals surface area contributed by atoms with Crippen molar-refractivity contribution in [1.82, 2.24) is 9.80 Å². The van der Waals surface area contributed by atoms with Crippen LogP contribution in [0.15, 0.2) is 0 Å². The number of hydrogen-bond donors (Lipinski definition) is 0. The zero-order valence-corrected chi connectivity index (χ0v) is 12.8. The van der Waals surface area contributed by atoms with Crippen LogP contribution in [0.25, 0.3) is 0 Å². The van der Waals surface area contributed by atoms with Gasteiger partial charge in [0.15, 0.2) is 0 Å². The minimum atomic E-state index is 0.738. The molecule has 2 fully saturated rings. The number of fused-ring (bicyclic) bond motifs is 1. The van der Waals surface area contributed by atoms with E-state index in [0.717, 1.165) is 23.9 Å². The third-order valence-electron chi connectivity index (χ3n) is 4.83. The van der Waals surface area contributed by atoms with Gasteiger partial charge in [-0.3, -0.25) is 9.80 Å². The number of piperazine rings is 1. The van der Waals surface area contributed by atoms with Gasteiger partial charge in [-0.15, -0.1) is 11.6 Å². The van der Waals surface area contributed by atoms with E-state index in [0.29, 0.717) is 0 Å². The van der Waals surface area contributed by atoms with Crippen molar-refractivity contribution >= 4 is 11.6 Å². The Morgan fingerprint density at radius 3 is 2.83 bits per heavy atom. The third-order valence-corrected chi connectivity index (χ3v) is 5.05. The molecule has 0 aliphatic carbocycles. The first kappa shape index (κ1) is 14.6.